The third-order valence-corrected chi connectivity index (χ3v) is 5.07. The van der Waals surface area contributed by atoms with Gasteiger partial charge in [0.2, 0.25) is 0 Å². The molecular weight excluding hydrogens is 404 g/mol. The number of rotatable bonds is 5. The van der Waals surface area contributed by atoms with E-state index in [1.54, 1.807) is 18.3 Å². The SMILES string of the molecule is FC(F)Oc1cccc(-c2nc3nc(N4CCOC(c5ccccn5)C4)ccc3[nH]2)c1. The van der Waals surface area contributed by atoms with E-state index in [0.29, 0.717) is 36.7 Å². The number of halogens is 2. The average molecular weight is 423 g/mol. The predicted octanol–water partition coefficient (Wildman–Crippen LogP) is 4.20. The van der Waals surface area contributed by atoms with Gasteiger partial charge in [0.05, 0.1) is 24.4 Å². The molecule has 0 amide bonds. The van der Waals surface area contributed by atoms with E-state index in [2.05, 4.69) is 24.6 Å². The third-order valence-electron chi connectivity index (χ3n) is 5.07. The van der Waals surface area contributed by atoms with Crippen LogP contribution in [0.5, 0.6) is 5.75 Å². The van der Waals surface area contributed by atoms with Gasteiger partial charge in [-0.25, -0.2) is 9.97 Å². The lowest BCUT2D eigenvalue weighted by Gasteiger charge is -2.33. The van der Waals surface area contributed by atoms with E-state index in [-0.39, 0.29) is 11.9 Å². The van der Waals surface area contributed by atoms with Crippen LogP contribution in [-0.4, -0.2) is 46.2 Å². The number of anilines is 1. The molecule has 3 aromatic heterocycles. The fourth-order valence-corrected chi connectivity index (χ4v) is 3.62. The van der Waals surface area contributed by atoms with E-state index in [1.807, 2.05) is 30.3 Å². The van der Waals surface area contributed by atoms with Crippen LogP contribution in [0, 0.1) is 0 Å². The molecule has 158 valence electrons. The third kappa shape index (κ3) is 4.17. The number of imidazole rings is 1. The number of aromatic nitrogens is 4. The predicted molar refractivity (Wildman–Crippen MR) is 111 cm³/mol. The molecule has 1 unspecified atom stereocenters. The summed E-state index contributed by atoms with van der Waals surface area (Å²) >= 11 is 0. The van der Waals surface area contributed by atoms with Crippen molar-refractivity contribution < 1.29 is 18.3 Å². The van der Waals surface area contributed by atoms with Crippen molar-refractivity contribution in [1.82, 2.24) is 19.9 Å². The van der Waals surface area contributed by atoms with Crippen LogP contribution in [-0.2, 0) is 4.74 Å². The van der Waals surface area contributed by atoms with Crippen molar-refractivity contribution >= 4 is 17.0 Å². The smallest absolute Gasteiger partial charge is 0.387 e. The number of benzene rings is 1. The molecule has 0 bridgehead atoms. The highest BCUT2D eigenvalue weighted by atomic mass is 19.3. The number of H-pyrrole nitrogens is 1. The summed E-state index contributed by atoms with van der Waals surface area (Å²) in [5.41, 5.74) is 2.84. The Morgan fingerprint density at radius 2 is 2.03 bits per heavy atom. The minimum atomic E-state index is -2.88. The second-order valence-electron chi connectivity index (χ2n) is 7.09. The van der Waals surface area contributed by atoms with Crippen LogP contribution in [0.15, 0.2) is 60.8 Å². The van der Waals surface area contributed by atoms with Crippen LogP contribution < -0.4 is 9.64 Å². The molecule has 0 spiro atoms. The molecule has 4 heterocycles. The fraction of sp³-hybridized carbons (Fsp3) is 0.227. The minimum absolute atomic E-state index is 0.0792. The van der Waals surface area contributed by atoms with Gasteiger partial charge in [-0.15, -0.1) is 0 Å². The molecule has 31 heavy (non-hydrogen) atoms. The topological polar surface area (TPSA) is 76.2 Å². The minimum Gasteiger partial charge on any atom is -0.435 e. The molecule has 1 fully saturated rings. The molecule has 1 aromatic carbocycles. The Kier molecular flexibility index (Phi) is 5.17. The summed E-state index contributed by atoms with van der Waals surface area (Å²) in [7, 11) is 0. The van der Waals surface area contributed by atoms with Crippen molar-refractivity contribution in [2.24, 2.45) is 0 Å². The number of ether oxygens (including phenoxy) is 2. The van der Waals surface area contributed by atoms with Crippen LogP contribution in [0.3, 0.4) is 0 Å². The molecule has 0 saturated carbocycles. The van der Waals surface area contributed by atoms with Gasteiger partial charge in [0.25, 0.3) is 0 Å². The van der Waals surface area contributed by atoms with Gasteiger partial charge in [-0.05, 0) is 36.4 Å². The van der Waals surface area contributed by atoms with Gasteiger partial charge in [-0.2, -0.15) is 8.78 Å². The molecule has 1 saturated heterocycles. The molecule has 4 aromatic rings. The Balaban J connectivity index is 1.40. The van der Waals surface area contributed by atoms with E-state index in [4.69, 9.17) is 9.72 Å². The number of alkyl halides is 2. The van der Waals surface area contributed by atoms with Gasteiger partial charge < -0.3 is 19.4 Å². The van der Waals surface area contributed by atoms with Gasteiger partial charge in [-0.1, -0.05) is 18.2 Å². The number of pyridine rings is 2. The van der Waals surface area contributed by atoms with E-state index in [1.165, 1.54) is 12.1 Å². The number of hydrogen-bond donors (Lipinski definition) is 1. The number of morpholine rings is 1. The van der Waals surface area contributed by atoms with Crippen molar-refractivity contribution in [2.45, 2.75) is 12.7 Å². The van der Waals surface area contributed by atoms with Crippen LogP contribution >= 0.6 is 0 Å². The van der Waals surface area contributed by atoms with Crippen molar-refractivity contribution in [2.75, 3.05) is 24.6 Å². The maximum atomic E-state index is 12.5. The first kappa shape index (κ1) is 19.4. The van der Waals surface area contributed by atoms with Gasteiger partial charge >= 0.3 is 6.61 Å². The summed E-state index contributed by atoms with van der Waals surface area (Å²) in [5, 5.41) is 0. The number of aromatic amines is 1. The van der Waals surface area contributed by atoms with Gasteiger partial charge in [-0.3, -0.25) is 4.98 Å². The van der Waals surface area contributed by atoms with Crippen LogP contribution in [0.25, 0.3) is 22.6 Å². The summed E-state index contributed by atoms with van der Waals surface area (Å²) in [6.07, 6.45) is 1.63. The summed E-state index contributed by atoms with van der Waals surface area (Å²) < 4.78 is 35.4. The van der Waals surface area contributed by atoms with Crippen LogP contribution in [0.1, 0.15) is 11.8 Å². The Morgan fingerprint density at radius 1 is 1.10 bits per heavy atom. The number of nitrogens with one attached hydrogen (secondary N) is 1. The summed E-state index contributed by atoms with van der Waals surface area (Å²) in [5.74, 6) is 1.41. The lowest BCUT2D eigenvalue weighted by molar-refractivity contribution is -0.0498. The van der Waals surface area contributed by atoms with E-state index >= 15 is 0 Å². The molecule has 0 radical (unpaired) electrons. The zero-order valence-electron chi connectivity index (χ0n) is 16.4. The highest BCUT2D eigenvalue weighted by Crippen LogP contribution is 2.27. The molecule has 1 atom stereocenters. The average Bonchev–Trinajstić information content (AvgIpc) is 3.23. The zero-order chi connectivity index (χ0) is 21.2. The number of nitrogens with zero attached hydrogens (tertiary/aromatic N) is 4. The summed E-state index contributed by atoms with van der Waals surface area (Å²) in [6, 6.07) is 16.0. The lowest BCUT2D eigenvalue weighted by Crippen LogP contribution is -2.39. The van der Waals surface area contributed by atoms with E-state index < -0.39 is 6.61 Å². The van der Waals surface area contributed by atoms with E-state index in [9.17, 15) is 8.78 Å². The molecule has 1 aliphatic rings. The van der Waals surface area contributed by atoms with Gasteiger partial charge in [0.15, 0.2) is 5.65 Å². The lowest BCUT2D eigenvalue weighted by atomic mass is 10.2. The molecular formula is C22H19F2N5O2. The Bertz CT molecular complexity index is 1180. The maximum Gasteiger partial charge on any atom is 0.387 e. The molecule has 5 rings (SSSR count). The van der Waals surface area contributed by atoms with Crippen LogP contribution in [0.2, 0.25) is 0 Å². The Labute approximate surface area is 176 Å². The molecule has 0 aliphatic carbocycles. The highest BCUT2D eigenvalue weighted by molar-refractivity contribution is 5.78. The van der Waals surface area contributed by atoms with E-state index in [0.717, 1.165) is 17.0 Å². The highest BCUT2D eigenvalue weighted by Gasteiger charge is 2.24. The van der Waals surface area contributed by atoms with Crippen molar-refractivity contribution in [3.63, 3.8) is 0 Å². The largest absolute Gasteiger partial charge is 0.435 e. The number of hydrogen-bond acceptors (Lipinski definition) is 6. The maximum absolute atomic E-state index is 12.5. The fourth-order valence-electron chi connectivity index (χ4n) is 3.62. The first-order valence-corrected chi connectivity index (χ1v) is 9.85. The second kappa shape index (κ2) is 8.27. The summed E-state index contributed by atoms with van der Waals surface area (Å²) in [6.45, 7) is -0.950. The molecule has 7 nitrogen and oxygen atoms in total. The van der Waals surface area contributed by atoms with Crippen molar-refractivity contribution in [1.29, 1.82) is 0 Å². The normalized spacial score (nSPS) is 16.7. The monoisotopic (exact) mass is 423 g/mol. The summed E-state index contributed by atoms with van der Waals surface area (Å²) in [4.78, 5) is 19.0. The quantitative estimate of drug-likeness (QED) is 0.519. The Morgan fingerprint density at radius 3 is 2.87 bits per heavy atom. The first-order chi connectivity index (χ1) is 15.2. The first-order valence-electron chi connectivity index (χ1n) is 9.85. The second-order valence-corrected chi connectivity index (χ2v) is 7.09. The molecule has 1 N–H and O–H groups in total. The van der Waals surface area contributed by atoms with Gasteiger partial charge in [0.1, 0.15) is 23.5 Å². The van der Waals surface area contributed by atoms with Crippen LogP contribution in [0.4, 0.5) is 14.6 Å². The Hall–Kier alpha value is -3.59. The molecule has 1 aliphatic heterocycles. The van der Waals surface area contributed by atoms with Crippen molar-refractivity contribution in [3.8, 4) is 17.1 Å². The van der Waals surface area contributed by atoms with Gasteiger partial charge in [0, 0.05) is 18.3 Å². The standard InChI is InChI=1S/C22H19F2N5O2/c23-22(24)31-15-5-3-4-14(12-15)20-26-17-7-8-19(27-21(17)28-20)29-10-11-30-18(13-29)16-6-1-2-9-25-16/h1-9,12,18,22H,10-11,13H2,(H,26,27,28). The van der Waals surface area contributed by atoms with Crippen molar-refractivity contribution in [3.05, 3.63) is 66.5 Å². The zero-order valence-corrected chi connectivity index (χ0v) is 16.4. The number of fused-ring (bicyclic) bond motifs is 1. The molecule has 9 heteroatoms.